The Morgan fingerprint density at radius 3 is 2.68 bits per heavy atom. The first kappa shape index (κ1) is 13.0. The largest absolute Gasteiger partial charge is 0.339 e. The standard InChI is InChI=1S/C16H21NOS/c18-16(11-12-6-8-14(19)9-7-12)17-10-2-4-13-3-1-5-15(13)17/h6-9,13,15,19H,1-5,10-11H2. The molecule has 0 radical (unpaired) electrons. The molecule has 2 fully saturated rings. The zero-order valence-corrected chi connectivity index (χ0v) is 12.1. The first-order chi connectivity index (χ1) is 9.24. The highest BCUT2D eigenvalue weighted by Gasteiger charge is 2.36. The van der Waals surface area contributed by atoms with Crippen molar-refractivity contribution < 1.29 is 4.79 Å². The van der Waals surface area contributed by atoms with Crippen LogP contribution in [0.5, 0.6) is 0 Å². The molecule has 1 aromatic carbocycles. The van der Waals surface area contributed by atoms with Crippen LogP contribution in [0.1, 0.15) is 37.7 Å². The number of rotatable bonds is 2. The summed E-state index contributed by atoms with van der Waals surface area (Å²) in [6.07, 6.45) is 6.88. The molecular weight excluding hydrogens is 254 g/mol. The SMILES string of the molecule is O=C(Cc1ccc(S)cc1)N1CCCC2CCCC21. The van der Waals surface area contributed by atoms with Gasteiger partial charge in [-0.2, -0.15) is 0 Å². The van der Waals surface area contributed by atoms with E-state index in [1.165, 1.54) is 32.1 Å². The fraction of sp³-hybridized carbons (Fsp3) is 0.562. The number of fused-ring (bicyclic) bond motifs is 1. The molecule has 19 heavy (non-hydrogen) atoms. The molecule has 1 saturated heterocycles. The van der Waals surface area contributed by atoms with Crippen LogP contribution in [0.2, 0.25) is 0 Å². The molecule has 102 valence electrons. The Morgan fingerprint density at radius 1 is 1.16 bits per heavy atom. The highest BCUT2D eigenvalue weighted by atomic mass is 32.1. The van der Waals surface area contributed by atoms with E-state index in [1.807, 2.05) is 24.3 Å². The number of piperidine rings is 1. The minimum atomic E-state index is 0.309. The van der Waals surface area contributed by atoms with Crippen molar-refractivity contribution >= 4 is 18.5 Å². The maximum atomic E-state index is 12.5. The molecule has 2 aliphatic rings. The highest BCUT2D eigenvalue weighted by Crippen LogP contribution is 2.36. The predicted molar refractivity (Wildman–Crippen MR) is 79.5 cm³/mol. The first-order valence-corrected chi connectivity index (χ1v) is 7.76. The molecule has 2 atom stereocenters. The molecule has 1 saturated carbocycles. The number of hydrogen-bond donors (Lipinski definition) is 1. The van der Waals surface area contributed by atoms with Crippen molar-refractivity contribution in [1.82, 2.24) is 4.90 Å². The molecule has 3 heteroatoms. The third-order valence-corrected chi connectivity index (χ3v) is 4.90. The van der Waals surface area contributed by atoms with Gasteiger partial charge in [-0.1, -0.05) is 18.6 Å². The Bertz CT molecular complexity index is 456. The van der Waals surface area contributed by atoms with Crippen LogP contribution in [0, 0.1) is 5.92 Å². The molecule has 0 spiro atoms. The lowest BCUT2D eigenvalue weighted by Crippen LogP contribution is -2.46. The van der Waals surface area contributed by atoms with E-state index < -0.39 is 0 Å². The van der Waals surface area contributed by atoms with Crippen LogP contribution in [-0.2, 0) is 11.2 Å². The highest BCUT2D eigenvalue weighted by molar-refractivity contribution is 7.80. The summed E-state index contributed by atoms with van der Waals surface area (Å²) in [5, 5.41) is 0. The quantitative estimate of drug-likeness (QED) is 0.821. The Labute approximate surface area is 120 Å². The van der Waals surface area contributed by atoms with Crippen molar-refractivity contribution in [2.24, 2.45) is 5.92 Å². The lowest BCUT2D eigenvalue weighted by Gasteiger charge is -2.38. The van der Waals surface area contributed by atoms with Crippen LogP contribution in [-0.4, -0.2) is 23.4 Å². The number of hydrogen-bond acceptors (Lipinski definition) is 2. The molecule has 1 heterocycles. The van der Waals surface area contributed by atoms with Gasteiger partial charge in [0.15, 0.2) is 0 Å². The molecule has 3 rings (SSSR count). The fourth-order valence-corrected chi connectivity index (χ4v) is 3.80. The summed E-state index contributed by atoms with van der Waals surface area (Å²) in [7, 11) is 0. The van der Waals surface area contributed by atoms with Gasteiger partial charge in [0, 0.05) is 17.5 Å². The molecule has 1 aliphatic carbocycles. The van der Waals surface area contributed by atoms with Gasteiger partial charge < -0.3 is 4.90 Å². The van der Waals surface area contributed by atoms with E-state index in [4.69, 9.17) is 0 Å². The molecule has 0 N–H and O–H groups in total. The molecule has 1 amide bonds. The molecule has 0 bridgehead atoms. The van der Waals surface area contributed by atoms with Crippen molar-refractivity contribution in [3.8, 4) is 0 Å². The van der Waals surface area contributed by atoms with Gasteiger partial charge in [0.05, 0.1) is 6.42 Å². The average molecular weight is 275 g/mol. The van der Waals surface area contributed by atoms with Gasteiger partial charge in [-0.05, 0) is 49.3 Å². The van der Waals surface area contributed by atoms with Gasteiger partial charge in [0.1, 0.15) is 0 Å². The topological polar surface area (TPSA) is 20.3 Å². The second-order valence-electron chi connectivity index (χ2n) is 5.83. The first-order valence-electron chi connectivity index (χ1n) is 7.31. The van der Waals surface area contributed by atoms with Crippen molar-refractivity contribution in [1.29, 1.82) is 0 Å². The van der Waals surface area contributed by atoms with Gasteiger partial charge in [0.2, 0.25) is 5.91 Å². The number of likely N-dealkylation sites (tertiary alicyclic amines) is 1. The number of amides is 1. The van der Waals surface area contributed by atoms with Gasteiger partial charge in [-0.25, -0.2) is 0 Å². The number of carbonyl (C=O) groups is 1. The van der Waals surface area contributed by atoms with Crippen LogP contribution >= 0.6 is 12.6 Å². The molecular formula is C16H21NOS. The Balaban J connectivity index is 1.67. The van der Waals surface area contributed by atoms with Crippen molar-refractivity contribution in [3.05, 3.63) is 29.8 Å². The summed E-state index contributed by atoms with van der Waals surface area (Å²) >= 11 is 4.28. The third kappa shape index (κ3) is 2.81. The number of carbonyl (C=O) groups excluding carboxylic acids is 1. The van der Waals surface area contributed by atoms with Crippen LogP contribution < -0.4 is 0 Å². The summed E-state index contributed by atoms with van der Waals surface area (Å²) in [5.41, 5.74) is 1.10. The van der Waals surface area contributed by atoms with Crippen LogP contribution in [0.4, 0.5) is 0 Å². The predicted octanol–water partition coefficient (Wildman–Crippen LogP) is 3.31. The summed E-state index contributed by atoms with van der Waals surface area (Å²) in [5.74, 6) is 1.08. The van der Waals surface area contributed by atoms with E-state index in [1.54, 1.807) is 0 Å². The summed E-state index contributed by atoms with van der Waals surface area (Å²) < 4.78 is 0. The zero-order valence-electron chi connectivity index (χ0n) is 11.2. The third-order valence-electron chi connectivity index (χ3n) is 4.61. The zero-order chi connectivity index (χ0) is 13.2. The number of benzene rings is 1. The lowest BCUT2D eigenvalue weighted by molar-refractivity contribution is -0.135. The average Bonchev–Trinajstić information content (AvgIpc) is 2.89. The van der Waals surface area contributed by atoms with Crippen LogP contribution in [0.15, 0.2) is 29.2 Å². The molecule has 0 aromatic heterocycles. The van der Waals surface area contributed by atoms with Crippen LogP contribution in [0.3, 0.4) is 0 Å². The summed E-state index contributed by atoms with van der Waals surface area (Å²) in [4.78, 5) is 15.6. The maximum Gasteiger partial charge on any atom is 0.227 e. The fourth-order valence-electron chi connectivity index (χ4n) is 3.65. The normalized spacial score (nSPS) is 26.3. The monoisotopic (exact) mass is 275 g/mol. The molecule has 2 nitrogen and oxygen atoms in total. The minimum absolute atomic E-state index is 0.309. The maximum absolute atomic E-state index is 12.5. The second-order valence-corrected chi connectivity index (χ2v) is 6.35. The van der Waals surface area contributed by atoms with Crippen LogP contribution in [0.25, 0.3) is 0 Å². The summed E-state index contributed by atoms with van der Waals surface area (Å²) in [6.45, 7) is 0.963. The minimum Gasteiger partial charge on any atom is -0.339 e. The van der Waals surface area contributed by atoms with E-state index in [-0.39, 0.29) is 0 Å². The Hall–Kier alpha value is -0.960. The number of nitrogens with zero attached hydrogens (tertiary/aromatic N) is 1. The molecule has 1 aliphatic heterocycles. The molecule has 1 aromatic rings. The smallest absolute Gasteiger partial charge is 0.227 e. The second kappa shape index (κ2) is 5.58. The lowest BCUT2D eigenvalue weighted by atomic mass is 9.91. The van der Waals surface area contributed by atoms with E-state index in [0.29, 0.717) is 18.4 Å². The van der Waals surface area contributed by atoms with E-state index in [0.717, 1.165) is 22.9 Å². The van der Waals surface area contributed by atoms with E-state index in [2.05, 4.69) is 17.5 Å². The van der Waals surface area contributed by atoms with Crippen molar-refractivity contribution in [2.75, 3.05) is 6.54 Å². The Kier molecular flexibility index (Phi) is 3.83. The van der Waals surface area contributed by atoms with Gasteiger partial charge in [-0.3, -0.25) is 4.79 Å². The molecule has 2 unspecified atom stereocenters. The Morgan fingerprint density at radius 2 is 1.89 bits per heavy atom. The van der Waals surface area contributed by atoms with E-state index in [9.17, 15) is 4.79 Å². The van der Waals surface area contributed by atoms with Gasteiger partial charge in [0.25, 0.3) is 0 Å². The van der Waals surface area contributed by atoms with Crippen molar-refractivity contribution in [2.45, 2.75) is 49.5 Å². The number of thiol groups is 1. The van der Waals surface area contributed by atoms with E-state index >= 15 is 0 Å². The van der Waals surface area contributed by atoms with Gasteiger partial charge >= 0.3 is 0 Å². The van der Waals surface area contributed by atoms with Crippen molar-refractivity contribution in [3.63, 3.8) is 0 Å². The summed E-state index contributed by atoms with van der Waals surface area (Å²) in [6, 6.07) is 8.47. The van der Waals surface area contributed by atoms with Gasteiger partial charge in [-0.15, -0.1) is 12.6 Å².